The number of ether oxygens (including phenoxy) is 1. The van der Waals surface area contributed by atoms with E-state index in [0.717, 1.165) is 44.9 Å². The second kappa shape index (κ2) is 6.44. The van der Waals surface area contributed by atoms with Crippen LogP contribution in [0.2, 0.25) is 0 Å². The summed E-state index contributed by atoms with van der Waals surface area (Å²) in [5.41, 5.74) is -0.426. The summed E-state index contributed by atoms with van der Waals surface area (Å²) in [5.74, 6) is 1.29. The van der Waals surface area contributed by atoms with E-state index in [2.05, 4.69) is 12.2 Å². The molecule has 0 radical (unpaired) electrons. The summed E-state index contributed by atoms with van der Waals surface area (Å²) in [5, 5.41) is 3.06. The molecule has 0 aliphatic heterocycles. The maximum atomic E-state index is 12.8. The first-order chi connectivity index (χ1) is 11.9. The Hall–Kier alpha value is -0.770. The van der Waals surface area contributed by atoms with Gasteiger partial charge in [0.15, 0.2) is 6.61 Å². The number of carbonyl (C=O) groups excluding carboxylic acids is 2. The van der Waals surface area contributed by atoms with Crippen LogP contribution in [0.1, 0.15) is 71.1 Å². The summed E-state index contributed by atoms with van der Waals surface area (Å²) in [7, 11) is 0. The van der Waals surface area contributed by atoms with Crippen molar-refractivity contribution in [3.8, 4) is 0 Å². The molecule has 5 fully saturated rings. The third-order valence-corrected chi connectivity index (χ3v) is 7.66. The van der Waals surface area contributed by atoms with Gasteiger partial charge in [0.1, 0.15) is 0 Å². The van der Waals surface area contributed by atoms with E-state index in [1.54, 1.807) is 0 Å². The molecule has 0 aromatic carbocycles. The van der Waals surface area contributed by atoms with Crippen molar-refractivity contribution in [3.63, 3.8) is 0 Å². The molecule has 0 spiro atoms. The van der Waals surface area contributed by atoms with Crippen molar-refractivity contribution >= 4 is 23.5 Å². The second-order valence-corrected chi connectivity index (χ2v) is 10.2. The first-order valence-corrected chi connectivity index (χ1v) is 10.4. The number of halogens is 1. The van der Waals surface area contributed by atoms with Gasteiger partial charge in [0.05, 0.1) is 5.41 Å². The minimum Gasteiger partial charge on any atom is -0.455 e. The maximum absolute atomic E-state index is 12.8. The van der Waals surface area contributed by atoms with E-state index < -0.39 is 5.41 Å². The van der Waals surface area contributed by atoms with Gasteiger partial charge >= 0.3 is 5.97 Å². The molecule has 1 amide bonds. The lowest BCUT2D eigenvalue weighted by molar-refractivity contribution is -0.171. The fourth-order valence-corrected chi connectivity index (χ4v) is 7.15. The van der Waals surface area contributed by atoms with E-state index in [-0.39, 0.29) is 29.4 Å². The zero-order valence-corrected chi connectivity index (χ0v) is 15.9. The normalized spacial score (nSPS) is 45.2. The standard InChI is InChI=1S/C20H30ClNO3/c1-13-4-2-3-5-16(13)22-17(23)11-25-18(24)19-7-14-6-15(8-19)10-20(21,9-14)12-19/h13-16H,2-12H2,1H3,(H,22,23)/t13-,14-,15+,16-,19?,20?/m1/s1. The highest BCUT2D eigenvalue weighted by Gasteiger charge is 2.60. The van der Waals surface area contributed by atoms with Crippen LogP contribution >= 0.6 is 11.6 Å². The molecule has 4 nitrogen and oxygen atoms in total. The molecule has 0 saturated heterocycles. The van der Waals surface area contributed by atoms with E-state index in [0.29, 0.717) is 17.8 Å². The van der Waals surface area contributed by atoms with Crippen molar-refractivity contribution in [3.05, 3.63) is 0 Å². The lowest BCUT2D eigenvalue weighted by atomic mass is 9.49. The number of hydrogen-bond acceptors (Lipinski definition) is 3. The summed E-state index contributed by atoms with van der Waals surface area (Å²) in [6, 6.07) is 0.227. The fourth-order valence-electron chi connectivity index (χ4n) is 6.45. The molecule has 2 unspecified atom stereocenters. The average molecular weight is 368 g/mol. The van der Waals surface area contributed by atoms with Gasteiger partial charge in [-0.15, -0.1) is 11.6 Å². The molecule has 25 heavy (non-hydrogen) atoms. The smallest absolute Gasteiger partial charge is 0.312 e. The van der Waals surface area contributed by atoms with Crippen molar-refractivity contribution in [1.82, 2.24) is 5.32 Å². The summed E-state index contributed by atoms with van der Waals surface area (Å²) in [6.45, 7) is 2.04. The zero-order chi connectivity index (χ0) is 17.7. The third-order valence-electron chi connectivity index (χ3n) is 7.21. The Kier molecular flexibility index (Phi) is 4.54. The molecule has 140 valence electrons. The van der Waals surface area contributed by atoms with Gasteiger partial charge in [-0.2, -0.15) is 0 Å². The topological polar surface area (TPSA) is 55.4 Å². The zero-order valence-electron chi connectivity index (χ0n) is 15.2. The van der Waals surface area contributed by atoms with E-state index >= 15 is 0 Å². The number of amides is 1. The van der Waals surface area contributed by atoms with Gasteiger partial charge in [-0.05, 0) is 69.1 Å². The van der Waals surface area contributed by atoms with Crippen LogP contribution in [0.25, 0.3) is 0 Å². The predicted molar refractivity (Wildman–Crippen MR) is 96.2 cm³/mol. The number of nitrogens with one attached hydrogen (secondary N) is 1. The second-order valence-electron chi connectivity index (χ2n) is 9.40. The molecule has 5 aliphatic carbocycles. The summed E-state index contributed by atoms with van der Waals surface area (Å²) in [6.07, 6.45) is 10.4. The Morgan fingerprint density at radius 3 is 2.44 bits per heavy atom. The molecular weight excluding hydrogens is 338 g/mol. The first-order valence-electron chi connectivity index (χ1n) is 10.0. The van der Waals surface area contributed by atoms with E-state index in [4.69, 9.17) is 16.3 Å². The molecule has 6 atom stereocenters. The highest BCUT2D eigenvalue weighted by molar-refractivity contribution is 6.24. The summed E-state index contributed by atoms with van der Waals surface area (Å²) >= 11 is 6.79. The lowest BCUT2D eigenvalue weighted by Gasteiger charge is -2.58. The van der Waals surface area contributed by atoms with E-state index in [1.807, 2.05) is 0 Å². The Morgan fingerprint density at radius 2 is 1.80 bits per heavy atom. The number of carbonyl (C=O) groups is 2. The molecule has 5 aliphatic rings. The van der Waals surface area contributed by atoms with Crippen molar-refractivity contribution in [2.75, 3.05) is 6.61 Å². The highest BCUT2D eigenvalue weighted by atomic mass is 35.5. The van der Waals surface area contributed by atoms with Crippen LogP contribution < -0.4 is 5.32 Å². The molecule has 1 N–H and O–H groups in total. The van der Waals surface area contributed by atoms with Gasteiger partial charge in [0, 0.05) is 10.9 Å². The molecule has 5 saturated carbocycles. The quantitative estimate of drug-likeness (QED) is 0.607. The summed E-state index contributed by atoms with van der Waals surface area (Å²) < 4.78 is 5.50. The maximum Gasteiger partial charge on any atom is 0.312 e. The Morgan fingerprint density at radius 1 is 1.12 bits per heavy atom. The first kappa shape index (κ1) is 17.6. The van der Waals surface area contributed by atoms with Crippen LogP contribution in [0.5, 0.6) is 0 Å². The monoisotopic (exact) mass is 367 g/mol. The van der Waals surface area contributed by atoms with Crippen molar-refractivity contribution in [2.24, 2.45) is 23.2 Å². The van der Waals surface area contributed by atoms with Gasteiger partial charge in [0.2, 0.25) is 0 Å². The number of hydrogen-bond donors (Lipinski definition) is 1. The average Bonchev–Trinajstić information content (AvgIpc) is 2.52. The SMILES string of the molecule is C[C@@H]1CCCC[C@H]1NC(=O)COC(=O)C12C[C@@H]3C[C@@H](CC(Cl)(C3)C1)C2. The molecule has 0 aromatic rings. The summed E-state index contributed by atoms with van der Waals surface area (Å²) in [4.78, 5) is 24.9. The van der Waals surface area contributed by atoms with Crippen molar-refractivity contribution < 1.29 is 14.3 Å². The minimum absolute atomic E-state index is 0.144. The van der Waals surface area contributed by atoms with E-state index in [1.165, 1.54) is 19.3 Å². The molecule has 5 rings (SSSR count). The predicted octanol–water partition coefficient (Wildman–Crippen LogP) is 3.80. The van der Waals surface area contributed by atoms with Crippen LogP contribution in [0.4, 0.5) is 0 Å². The van der Waals surface area contributed by atoms with Crippen LogP contribution in [0.3, 0.4) is 0 Å². The van der Waals surface area contributed by atoms with Gasteiger partial charge < -0.3 is 10.1 Å². The van der Waals surface area contributed by atoms with E-state index in [9.17, 15) is 9.59 Å². The Labute approximate surface area is 155 Å². The fraction of sp³-hybridized carbons (Fsp3) is 0.900. The van der Waals surface area contributed by atoms with Crippen LogP contribution in [0, 0.1) is 23.2 Å². The number of rotatable bonds is 4. The van der Waals surface area contributed by atoms with Gasteiger partial charge in [-0.25, -0.2) is 0 Å². The van der Waals surface area contributed by atoms with Crippen LogP contribution in [0.15, 0.2) is 0 Å². The molecule has 4 bridgehead atoms. The van der Waals surface area contributed by atoms with Crippen molar-refractivity contribution in [2.45, 2.75) is 82.0 Å². The molecule has 0 heterocycles. The largest absolute Gasteiger partial charge is 0.455 e. The Balaban J connectivity index is 1.32. The van der Waals surface area contributed by atoms with Gasteiger partial charge in [0.25, 0.3) is 5.91 Å². The molecule has 5 heteroatoms. The van der Waals surface area contributed by atoms with Crippen LogP contribution in [-0.2, 0) is 14.3 Å². The molecule has 0 aromatic heterocycles. The van der Waals surface area contributed by atoms with Crippen LogP contribution in [-0.4, -0.2) is 29.4 Å². The minimum atomic E-state index is -0.426. The lowest BCUT2D eigenvalue weighted by Crippen LogP contribution is -2.56. The molecular formula is C20H30ClNO3. The number of esters is 1. The van der Waals surface area contributed by atoms with Crippen molar-refractivity contribution in [1.29, 1.82) is 0 Å². The Bertz CT molecular complexity index is 549. The highest BCUT2D eigenvalue weighted by Crippen LogP contribution is 2.64. The number of alkyl halides is 1. The van der Waals surface area contributed by atoms with Gasteiger partial charge in [-0.3, -0.25) is 9.59 Å². The third kappa shape index (κ3) is 3.43. The van der Waals surface area contributed by atoms with Gasteiger partial charge in [-0.1, -0.05) is 19.8 Å².